The number of hydrogen-bond acceptors (Lipinski definition) is 4. The Morgan fingerprint density at radius 2 is 2.09 bits per heavy atom. The van der Waals surface area contributed by atoms with Gasteiger partial charge in [0.15, 0.2) is 0 Å². The van der Waals surface area contributed by atoms with Gasteiger partial charge >= 0.3 is 0 Å². The standard InChI is InChI=1S/C16H23N3O3/c1-19(9-5-12-3-6-17-7-4-12)16(21)14-11-13(14)15(20)18-8-10-22-2/h3-4,6-7,13-14H,5,8-11H2,1-2H3,(H,18,20). The lowest BCUT2D eigenvalue weighted by molar-refractivity contribution is -0.133. The maximum Gasteiger partial charge on any atom is 0.226 e. The minimum atomic E-state index is -0.173. The fraction of sp³-hybridized carbons (Fsp3) is 0.562. The lowest BCUT2D eigenvalue weighted by Gasteiger charge is -2.17. The first kappa shape index (κ1) is 16.4. The van der Waals surface area contributed by atoms with Crippen molar-refractivity contribution < 1.29 is 14.3 Å². The van der Waals surface area contributed by atoms with Crippen molar-refractivity contribution in [3.05, 3.63) is 30.1 Å². The van der Waals surface area contributed by atoms with Crippen molar-refractivity contribution in [3.63, 3.8) is 0 Å². The lowest BCUT2D eigenvalue weighted by Crippen LogP contribution is -2.33. The highest BCUT2D eigenvalue weighted by Crippen LogP contribution is 2.39. The third kappa shape index (κ3) is 4.53. The molecule has 0 aromatic carbocycles. The molecular weight excluding hydrogens is 282 g/mol. The Bertz CT molecular complexity index is 507. The first-order chi connectivity index (χ1) is 10.6. The Morgan fingerprint density at radius 1 is 1.36 bits per heavy atom. The maximum absolute atomic E-state index is 12.3. The number of amides is 2. The number of nitrogens with one attached hydrogen (secondary N) is 1. The summed E-state index contributed by atoms with van der Waals surface area (Å²) in [6.45, 7) is 1.63. The van der Waals surface area contributed by atoms with Crippen molar-refractivity contribution >= 4 is 11.8 Å². The molecule has 6 nitrogen and oxygen atoms in total. The highest BCUT2D eigenvalue weighted by Gasteiger charge is 2.48. The molecule has 2 atom stereocenters. The fourth-order valence-electron chi connectivity index (χ4n) is 2.40. The predicted octanol–water partition coefficient (Wildman–Crippen LogP) is 0.481. The van der Waals surface area contributed by atoms with Crippen molar-refractivity contribution in [1.29, 1.82) is 0 Å². The van der Waals surface area contributed by atoms with Crippen LogP contribution in [0.3, 0.4) is 0 Å². The Kier molecular flexibility index (Phi) is 5.89. The van der Waals surface area contributed by atoms with Gasteiger partial charge in [-0.1, -0.05) is 0 Å². The van der Waals surface area contributed by atoms with E-state index in [4.69, 9.17) is 4.74 Å². The van der Waals surface area contributed by atoms with Crippen molar-refractivity contribution in [2.45, 2.75) is 12.8 Å². The Morgan fingerprint density at radius 3 is 2.77 bits per heavy atom. The molecule has 22 heavy (non-hydrogen) atoms. The van der Waals surface area contributed by atoms with Crippen LogP contribution in [0.2, 0.25) is 0 Å². The van der Waals surface area contributed by atoms with Gasteiger partial charge in [-0.3, -0.25) is 14.6 Å². The van der Waals surface area contributed by atoms with Gasteiger partial charge < -0.3 is 15.0 Å². The fourth-order valence-corrected chi connectivity index (χ4v) is 2.40. The van der Waals surface area contributed by atoms with E-state index >= 15 is 0 Å². The smallest absolute Gasteiger partial charge is 0.226 e. The average Bonchev–Trinajstić information content (AvgIpc) is 3.33. The number of aromatic nitrogens is 1. The maximum atomic E-state index is 12.3. The Hall–Kier alpha value is -1.95. The number of methoxy groups -OCH3 is 1. The topological polar surface area (TPSA) is 71.5 Å². The van der Waals surface area contributed by atoms with Crippen LogP contribution >= 0.6 is 0 Å². The molecule has 0 radical (unpaired) electrons. The van der Waals surface area contributed by atoms with Crippen LogP contribution in [-0.4, -0.2) is 55.6 Å². The molecule has 2 rings (SSSR count). The zero-order chi connectivity index (χ0) is 15.9. The van der Waals surface area contributed by atoms with Crippen LogP contribution in [0, 0.1) is 11.8 Å². The molecule has 2 amide bonds. The molecule has 1 aromatic rings. The molecule has 0 spiro atoms. The normalized spacial score (nSPS) is 19.5. The first-order valence-electron chi connectivity index (χ1n) is 7.54. The average molecular weight is 305 g/mol. The summed E-state index contributed by atoms with van der Waals surface area (Å²) in [4.78, 5) is 29.8. The highest BCUT2D eigenvalue weighted by molar-refractivity contribution is 5.92. The van der Waals surface area contributed by atoms with Crippen LogP contribution < -0.4 is 5.32 Å². The van der Waals surface area contributed by atoms with Crippen LogP contribution in [-0.2, 0) is 20.7 Å². The van der Waals surface area contributed by atoms with Gasteiger partial charge in [-0.15, -0.1) is 0 Å². The SMILES string of the molecule is COCCNC(=O)C1CC1C(=O)N(C)CCc1ccncc1. The number of likely N-dealkylation sites (N-methyl/N-ethyl adjacent to an activating group) is 1. The molecule has 1 aromatic heterocycles. The molecule has 0 aliphatic heterocycles. The number of rotatable bonds is 8. The Balaban J connectivity index is 1.72. The van der Waals surface area contributed by atoms with Crippen molar-refractivity contribution in [2.75, 3.05) is 33.9 Å². The van der Waals surface area contributed by atoms with E-state index in [2.05, 4.69) is 10.3 Å². The zero-order valence-corrected chi connectivity index (χ0v) is 13.1. The Labute approximate surface area is 130 Å². The number of hydrogen-bond donors (Lipinski definition) is 1. The summed E-state index contributed by atoms with van der Waals surface area (Å²) in [7, 11) is 3.38. The van der Waals surface area contributed by atoms with Crippen LogP contribution in [0.4, 0.5) is 0 Å². The lowest BCUT2D eigenvalue weighted by atomic mass is 10.2. The molecule has 1 aliphatic carbocycles. The molecule has 1 fully saturated rings. The molecule has 1 aliphatic rings. The van der Waals surface area contributed by atoms with Crippen molar-refractivity contribution in [3.8, 4) is 0 Å². The van der Waals surface area contributed by atoms with E-state index < -0.39 is 0 Å². The second-order valence-electron chi connectivity index (χ2n) is 5.60. The van der Waals surface area contributed by atoms with Crippen LogP contribution in [0.1, 0.15) is 12.0 Å². The van der Waals surface area contributed by atoms with Crippen LogP contribution in [0.5, 0.6) is 0 Å². The molecule has 0 saturated heterocycles. The molecular formula is C16H23N3O3. The second-order valence-corrected chi connectivity index (χ2v) is 5.60. The minimum absolute atomic E-state index is 0.0436. The highest BCUT2D eigenvalue weighted by atomic mass is 16.5. The number of carbonyl (C=O) groups is 2. The quantitative estimate of drug-likeness (QED) is 0.709. The summed E-state index contributed by atoms with van der Waals surface area (Å²) in [6, 6.07) is 3.89. The van der Waals surface area contributed by atoms with Gasteiger partial charge in [-0.05, 0) is 30.5 Å². The van der Waals surface area contributed by atoms with Gasteiger partial charge in [0, 0.05) is 39.6 Å². The van der Waals surface area contributed by atoms with E-state index in [1.54, 1.807) is 31.5 Å². The largest absolute Gasteiger partial charge is 0.383 e. The number of carbonyl (C=O) groups excluding carboxylic acids is 2. The molecule has 1 N–H and O–H groups in total. The monoisotopic (exact) mass is 305 g/mol. The molecule has 1 heterocycles. The van der Waals surface area contributed by atoms with E-state index in [9.17, 15) is 9.59 Å². The summed E-state index contributed by atoms with van der Waals surface area (Å²) in [5, 5.41) is 2.79. The summed E-state index contributed by atoms with van der Waals surface area (Å²) in [6.07, 6.45) is 4.94. The van der Waals surface area contributed by atoms with Gasteiger partial charge in [-0.25, -0.2) is 0 Å². The third-order valence-corrected chi connectivity index (χ3v) is 3.91. The van der Waals surface area contributed by atoms with Gasteiger partial charge in [0.05, 0.1) is 18.4 Å². The van der Waals surface area contributed by atoms with Gasteiger partial charge in [-0.2, -0.15) is 0 Å². The second kappa shape index (κ2) is 7.89. The molecule has 6 heteroatoms. The molecule has 120 valence electrons. The zero-order valence-electron chi connectivity index (χ0n) is 13.1. The number of ether oxygens (including phenoxy) is 1. The molecule has 1 saturated carbocycles. The van der Waals surface area contributed by atoms with Gasteiger partial charge in [0.25, 0.3) is 0 Å². The molecule has 2 unspecified atom stereocenters. The van der Waals surface area contributed by atoms with E-state index in [1.807, 2.05) is 12.1 Å². The summed E-state index contributed by atoms with van der Waals surface area (Å²) in [5.41, 5.74) is 1.15. The number of pyridine rings is 1. The van der Waals surface area contributed by atoms with Crippen LogP contribution in [0.25, 0.3) is 0 Å². The number of nitrogens with zero attached hydrogens (tertiary/aromatic N) is 2. The van der Waals surface area contributed by atoms with E-state index in [0.717, 1.165) is 12.0 Å². The van der Waals surface area contributed by atoms with Gasteiger partial charge in [0.2, 0.25) is 11.8 Å². The molecule has 0 bridgehead atoms. The van der Waals surface area contributed by atoms with E-state index in [-0.39, 0.29) is 23.7 Å². The minimum Gasteiger partial charge on any atom is -0.383 e. The van der Waals surface area contributed by atoms with Crippen molar-refractivity contribution in [1.82, 2.24) is 15.2 Å². The summed E-state index contributed by atoms with van der Waals surface area (Å²) in [5.74, 6) is -0.323. The van der Waals surface area contributed by atoms with Crippen molar-refractivity contribution in [2.24, 2.45) is 11.8 Å². The van der Waals surface area contributed by atoms with E-state index in [0.29, 0.717) is 26.1 Å². The first-order valence-corrected chi connectivity index (χ1v) is 7.54. The summed E-state index contributed by atoms with van der Waals surface area (Å²) >= 11 is 0. The summed E-state index contributed by atoms with van der Waals surface area (Å²) < 4.78 is 4.88. The van der Waals surface area contributed by atoms with Crippen LogP contribution in [0.15, 0.2) is 24.5 Å². The van der Waals surface area contributed by atoms with E-state index in [1.165, 1.54) is 0 Å². The van der Waals surface area contributed by atoms with Gasteiger partial charge in [0.1, 0.15) is 0 Å². The third-order valence-electron chi connectivity index (χ3n) is 3.91. The predicted molar refractivity (Wildman–Crippen MR) is 82.1 cm³/mol.